The Kier molecular flexibility index (Phi) is 6.95. The monoisotopic (exact) mass is 340 g/mol. The summed E-state index contributed by atoms with van der Waals surface area (Å²) in [7, 11) is 0. The van der Waals surface area contributed by atoms with Crippen LogP contribution in [0.3, 0.4) is 0 Å². The van der Waals surface area contributed by atoms with Gasteiger partial charge in [-0.2, -0.15) is 10.5 Å². The van der Waals surface area contributed by atoms with Gasteiger partial charge in [-0.05, 0) is 36.7 Å². The van der Waals surface area contributed by atoms with Crippen molar-refractivity contribution in [3.63, 3.8) is 0 Å². The highest BCUT2D eigenvalue weighted by molar-refractivity contribution is 6.05. The number of Topliss-reactive ketones (excluding diaryl/α,β-unsaturated/α-hetero) is 1. The molecule has 0 aromatic rings. The number of nitrogens with zero attached hydrogens (tertiary/aromatic N) is 2. The van der Waals surface area contributed by atoms with Gasteiger partial charge in [-0.1, -0.05) is 38.5 Å². The van der Waals surface area contributed by atoms with Gasteiger partial charge in [0.15, 0.2) is 5.78 Å². The minimum atomic E-state index is -1.22. The fourth-order valence-electron chi connectivity index (χ4n) is 4.11. The number of carboxylic acid groups (broad SMARTS) is 1. The lowest BCUT2D eigenvalue weighted by atomic mass is 9.79. The van der Waals surface area contributed by atoms with Crippen LogP contribution >= 0.6 is 0 Å². The zero-order valence-electron chi connectivity index (χ0n) is 14.5. The van der Waals surface area contributed by atoms with Gasteiger partial charge in [-0.25, -0.2) is 4.79 Å². The predicted molar refractivity (Wildman–Crippen MR) is 92.1 cm³/mol. The normalized spacial score (nSPS) is 26.7. The van der Waals surface area contributed by atoms with Crippen molar-refractivity contribution in [2.24, 2.45) is 11.8 Å². The molecule has 25 heavy (non-hydrogen) atoms. The van der Waals surface area contributed by atoms with Crippen molar-refractivity contribution in [2.75, 3.05) is 0 Å². The molecule has 0 aromatic carbocycles. The van der Waals surface area contributed by atoms with E-state index in [2.05, 4.69) is 0 Å². The Morgan fingerprint density at radius 3 is 2.00 bits per heavy atom. The number of carbonyl (C=O) groups is 2. The number of hydrogen-bond donors (Lipinski definition) is 1. The van der Waals surface area contributed by atoms with E-state index in [0.29, 0.717) is 18.4 Å². The third-order valence-electron chi connectivity index (χ3n) is 5.40. The van der Waals surface area contributed by atoms with E-state index in [4.69, 9.17) is 5.11 Å². The predicted octanol–water partition coefficient (Wildman–Crippen LogP) is 4.07. The first-order valence-corrected chi connectivity index (χ1v) is 9.08. The van der Waals surface area contributed by atoms with Crippen LogP contribution in [-0.4, -0.2) is 16.9 Å². The summed E-state index contributed by atoms with van der Waals surface area (Å²) in [6.07, 6.45) is 10.5. The maximum atomic E-state index is 12.7. The summed E-state index contributed by atoms with van der Waals surface area (Å²) in [6, 6.07) is 3.70. The van der Waals surface area contributed by atoms with E-state index in [0.717, 1.165) is 38.2 Å². The van der Waals surface area contributed by atoms with Crippen molar-refractivity contribution in [2.45, 2.75) is 64.2 Å². The molecule has 2 unspecified atom stereocenters. The molecule has 2 fully saturated rings. The molecule has 2 rings (SSSR count). The quantitative estimate of drug-likeness (QED) is 0.572. The van der Waals surface area contributed by atoms with Crippen LogP contribution in [0.5, 0.6) is 0 Å². The topological polar surface area (TPSA) is 102 Å². The van der Waals surface area contributed by atoms with Gasteiger partial charge >= 0.3 is 5.97 Å². The van der Waals surface area contributed by atoms with Crippen LogP contribution in [0.1, 0.15) is 64.2 Å². The summed E-state index contributed by atoms with van der Waals surface area (Å²) >= 11 is 0. The summed E-state index contributed by atoms with van der Waals surface area (Å²) in [4.78, 5) is 23.9. The molecule has 2 aliphatic carbocycles. The van der Waals surface area contributed by atoms with E-state index in [9.17, 15) is 20.1 Å². The Morgan fingerprint density at radius 1 is 0.960 bits per heavy atom. The molecule has 0 heterocycles. The van der Waals surface area contributed by atoms with Gasteiger partial charge in [0.25, 0.3) is 0 Å². The Bertz CT molecular complexity index is 660. The average Bonchev–Trinajstić information content (AvgIpc) is 2.70. The molecule has 0 amide bonds. The molecule has 0 spiro atoms. The second kappa shape index (κ2) is 9.18. The maximum Gasteiger partial charge on any atom is 0.329 e. The molecule has 1 N–H and O–H groups in total. The SMILES string of the molecule is N#CC(C#N)=C1CC2CCCCCCCCC2CC(=O)/C1=C\C(=O)O. The van der Waals surface area contributed by atoms with Crippen molar-refractivity contribution in [1.82, 2.24) is 0 Å². The van der Waals surface area contributed by atoms with Crippen LogP contribution in [0.2, 0.25) is 0 Å². The van der Waals surface area contributed by atoms with Gasteiger partial charge in [0.05, 0.1) is 0 Å². The largest absolute Gasteiger partial charge is 0.478 e. The third kappa shape index (κ3) is 5.03. The number of aliphatic carboxylic acids is 1. The highest BCUT2D eigenvalue weighted by atomic mass is 16.4. The fraction of sp³-hybridized carbons (Fsp3) is 0.600. The molecule has 132 valence electrons. The molecule has 2 saturated carbocycles. The zero-order chi connectivity index (χ0) is 18.2. The maximum absolute atomic E-state index is 12.7. The van der Waals surface area contributed by atoms with Crippen LogP contribution < -0.4 is 0 Å². The van der Waals surface area contributed by atoms with Gasteiger partial charge in [-0.3, -0.25) is 4.79 Å². The molecule has 0 bridgehead atoms. The lowest BCUT2D eigenvalue weighted by Gasteiger charge is -2.26. The lowest BCUT2D eigenvalue weighted by molar-refractivity contribution is -0.131. The number of fused-ring (bicyclic) bond motifs is 1. The molecule has 0 aromatic heterocycles. The Hall–Kier alpha value is -2.40. The number of carboxylic acids is 1. The summed E-state index contributed by atoms with van der Waals surface area (Å²) in [6.45, 7) is 0. The summed E-state index contributed by atoms with van der Waals surface area (Å²) in [5.41, 5.74) is 0.258. The smallest absolute Gasteiger partial charge is 0.329 e. The first kappa shape index (κ1) is 18.9. The Labute approximate surface area is 148 Å². The van der Waals surface area contributed by atoms with Crippen LogP contribution in [0.15, 0.2) is 22.8 Å². The van der Waals surface area contributed by atoms with Crippen LogP contribution in [0.25, 0.3) is 0 Å². The first-order valence-electron chi connectivity index (χ1n) is 9.08. The van der Waals surface area contributed by atoms with Crippen molar-refractivity contribution in [3.8, 4) is 12.1 Å². The van der Waals surface area contributed by atoms with Gasteiger partial charge in [0, 0.05) is 18.1 Å². The van der Waals surface area contributed by atoms with Crippen LogP contribution in [-0.2, 0) is 9.59 Å². The van der Waals surface area contributed by atoms with E-state index in [1.807, 2.05) is 12.1 Å². The van der Waals surface area contributed by atoms with E-state index >= 15 is 0 Å². The molecule has 2 atom stereocenters. The molecule has 5 nitrogen and oxygen atoms in total. The zero-order valence-corrected chi connectivity index (χ0v) is 14.5. The molecule has 5 heteroatoms. The van der Waals surface area contributed by atoms with Crippen LogP contribution in [0.4, 0.5) is 0 Å². The minimum absolute atomic E-state index is 0.0490. The number of carbonyl (C=O) groups excluding carboxylic acids is 1. The van der Waals surface area contributed by atoms with Gasteiger partial charge in [0.2, 0.25) is 0 Å². The fourth-order valence-corrected chi connectivity index (χ4v) is 4.11. The van der Waals surface area contributed by atoms with E-state index in [-0.39, 0.29) is 28.8 Å². The molecule has 0 radical (unpaired) electrons. The minimum Gasteiger partial charge on any atom is -0.478 e. The molecule has 0 saturated heterocycles. The first-order chi connectivity index (χ1) is 12.1. The standard InChI is InChI=1S/C20H24N2O3/c21-12-16(13-22)17-9-14-7-5-3-1-2-4-6-8-15(14)10-19(23)18(17)11-20(24)25/h11,14-15H,1-10H2,(H,24,25)/b18-11-. The molecular formula is C20H24N2O3. The second-order valence-corrected chi connectivity index (χ2v) is 7.02. The van der Waals surface area contributed by atoms with Gasteiger partial charge in [-0.15, -0.1) is 0 Å². The van der Waals surface area contributed by atoms with Crippen molar-refractivity contribution in [1.29, 1.82) is 10.5 Å². The highest BCUT2D eigenvalue weighted by Crippen LogP contribution is 2.40. The number of rotatable bonds is 1. The van der Waals surface area contributed by atoms with Crippen LogP contribution in [0, 0.1) is 34.5 Å². The van der Waals surface area contributed by atoms with E-state index in [1.165, 1.54) is 19.3 Å². The Morgan fingerprint density at radius 2 is 1.48 bits per heavy atom. The van der Waals surface area contributed by atoms with Crippen molar-refractivity contribution in [3.05, 3.63) is 22.8 Å². The van der Waals surface area contributed by atoms with Gasteiger partial charge < -0.3 is 5.11 Å². The summed E-state index contributed by atoms with van der Waals surface area (Å²) < 4.78 is 0. The average molecular weight is 340 g/mol. The number of ketones is 1. The highest BCUT2D eigenvalue weighted by Gasteiger charge is 2.33. The van der Waals surface area contributed by atoms with Crippen molar-refractivity contribution < 1.29 is 14.7 Å². The lowest BCUT2D eigenvalue weighted by Crippen LogP contribution is -2.16. The third-order valence-corrected chi connectivity index (χ3v) is 5.40. The number of allylic oxidation sites excluding steroid dienone is 3. The number of hydrogen-bond acceptors (Lipinski definition) is 4. The summed E-state index contributed by atoms with van der Waals surface area (Å²) in [5, 5.41) is 27.7. The van der Waals surface area contributed by atoms with Crippen molar-refractivity contribution >= 4 is 11.8 Å². The van der Waals surface area contributed by atoms with Gasteiger partial charge in [0.1, 0.15) is 17.7 Å². The molecular weight excluding hydrogens is 316 g/mol. The van der Waals surface area contributed by atoms with E-state index < -0.39 is 5.97 Å². The summed E-state index contributed by atoms with van der Waals surface area (Å²) in [5.74, 6) is -1.03. The Balaban J connectivity index is 2.45. The molecule has 2 aliphatic rings. The second-order valence-electron chi connectivity index (χ2n) is 7.02. The number of nitriles is 2. The van der Waals surface area contributed by atoms with E-state index in [1.54, 1.807) is 0 Å². The molecule has 0 aliphatic heterocycles.